The molecule has 0 bridgehead atoms. The van der Waals surface area contributed by atoms with Gasteiger partial charge in [-0.1, -0.05) is 66.8 Å². The molecule has 6 rings (SSSR count). The van der Waals surface area contributed by atoms with Gasteiger partial charge in [0.25, 0.3) is 0 Å². The van der Waals surface area contributed by atoms with Crippen molar-refractivity contribution < 1.29 is 0 Å². The van der Waals surface area contributed by atoms with E-state index in [4.69, 9.17) is 4.98 Å². The van der Waals surface area contributed by atoms with E-state index in [2.05, 4.69) is 112 Å². The average Bonchev–Trinajstić information content (AvgIpc) is 3.03. The molecule has 2 aromatic carbocycles. The summed E-state index contributed by atoms with van der Waals surface area (Å²) in [6, 6.07) is 35.1. The summed E-state index contributed by atoms with van der Waals surface area (Å²) in [6.45, 7) is 0. The summed E-state index contributed by atoms with van der Waals surface area (Å²) < 4.78 is 0. The van der Waals surface area contributed by atoms with E-state index >= 15 is 0 Å². The molecular formula is C35H28N4. The highest BCUT2D eigenvalue weighted by Gasteiger charge is 2.14. The zero-order valence-electron chi connectivity index (χ0n) is 21.6. The normalized spacial score (nSPS) is 12.9. The van der Waals surface area contributed by atoms with Crippen molar-refractivity contribution in [1.29, 1.82) is 0 Å². The van der Waals surface area contributed by atoms with Crippen molar-refractivity contribution in [2.24, 2.45) is 0 Å². The molecule has 0 unspecified atom stereocenters. The number of anilines is 2. The van der Waals surface area contributed by atoms with Crippen molar-refractivity contribution >= 4 is 23.5 Å². The van der Waals surface area contributed by atoms with Gasteiger partial charge in [-0.15, -0.1) is 0 Å². The van der Waals surface area contributed by atoms with Crippen LogP contribution in [0.15, 0.2) is 139 Å². The quantitative estimate of drug-likeness (QED) is 0.222. The molecule has 0 spiro atoms. The van der Waals surface area contributed by atoms with Crippen LogP contribution in [0, 0.1) is 0 Å². The van der Waals surface area contributed by atoms with Gasteiger partial charge in [0.05, 0.1) is 22.8 Å². The maximum atomic E-state index is 4.86. The van der Waals surface area contributed by atoms with Gasteiger partial charge >= 0.3 is 0 Å². The molecule has 0 aliphatic heterocycles. The third kappa shape index (κ3) is 5.76. The molecule has 4 nitrogen and oxygen atoms in total. The van der Waals surface area contributed by atoms with Crippen LogP contribution in [0.5, 0.6) is 0 Å². The number of hydrogen-bond acceptors (Lipinski definition) is 4. The molecule has 3 heterocycles. The van der Waals surface area contributed by atoms with Crippen molar-refractivity contribution in [3.05, 3.63) is 151 Å². The Kier molecular flexibility index (Phi) is 7.17. The molecule has 0 radical (unpaired) electrons. The van der Waals surface area contributed by atoms with E-state index in [1.165, 1.54) is 5.70 Å². The first-order chi connectivity index (χ1) is 19.3. The smallest absolute Gasteiger partial charge is 0.0900 e. The van der Waals surface area contributed by atoms with Gasteiger partial charge < -0.3 is 4.90 Å². The van der Waals surface area contributed by atoms with E-state index in [1.807, 2.05) is 36.4 Å². The minimum atomic E-state index is 0.820. The number of allylic oxidation sites excluding steroid dienone is 3. The van der Waals surface area contributed by atoms with Crippen molar-refractivity contribution in [3.8, 4) is 22.8 Å². The topological polar surface area (TPSA) is 41.9 Å². The van der Waals surface area contributed by atoms with Crippen LogP contribution in [0.2, 0.25) is 0 Å². The van der Waals surface area contributed by atoms with Crippen LogP contribution in [0.3, 0.4) is 0 Å². The third-order valence-corrected chi connectivity index (χ3v) is 6.57. The predicted molar refractivity (Wildman–Crippen MR) is 161 cm³/mol. The number of pyridine rings is 3. The number of rotatable bonds is 7. The van der Waals surface area contributed by atoms with Crippen LogP contribution in [-0.2, 0) is 0 Å². The SMILES string of the molecule is C1=CC(N(c2ccccc2)c2ccc(/C=C/c3cc(-c4ccccn4)nc(-c4ccccn4)c3)cc2)=CCC1. The predicted octanol–water partition coefficient (Wildman–Crippen LogP) is 8.75. The third-order valence-electron chi connectivity index (χ3n) is 6.57. The summed E-state index contributed by atoms with van der Waals surface area (Å²) in [7, 11) is 0. The Morgan fingerprint density at radius 2 is 1.18 bits per heavy atom. The van der Waals surface area contributed by atoms with Gasteiger partial charge in [0.2, 0.25) is 0 Å². The molecule has 0 N–H and O–H groups in total. The summed E-state index contributed by atoms with van der Waals surface area (Å²) in [5.74, 6) is 0. The van der Waals surface area contributed by atoms with E-state index in [9.17, 15) is 0 Å². The molecule has 5 aromatic rings. The monoisotopic (exact) mass is 504 g/mol. The van der Waals surface area contributed by atoms with Gasteiger partial charge in [0, 0.05) is 29.5 Å². The number of aromatic nitrogens is 3. The molecule has 0 fully saturated rings. The van der Waals surface area contributed by atoms with Gasteiger partial charge in [-0.2, -0.15) is 0 Å². The molecule has 188 valence electrons. The van der Waals surface area contributed by atoms with Crippen LogP contribution in [-0.4, -0.2) is 15.0 Å². The second-order valence-electron chi connectivity index (χ2n) is 9.31. The Labute approximate surface area is 229 Å². The molecule has 4 heteroatoms. The molecule has 0 saturated carbocycles. The molecule has 0 saturated heterocycles. The lowest BCUT2D eigenvalue weighted by Gasteiger charge is -2.27. The van der Waals surface area contributed by atoms with E-state index in [1.54, 1.807) is 12.4 Å². The zero-order chi connectivity index (χ0) is 26.3. The van der Waals surface area contributed by atoms with Crippen molar-refractivity contribution in [3.63, 3.8) is 0 Å². The van der Waals surface area contributed by atoms with Gasteiger partial charge in [0.15, 0.2) is 0 Å². The highest BCUT2D eigenvalue weighted by Crippen LogP contribution is 2.32. The lowest BCUT2D eigenvalue weighted by atomic mass is 10.1. The summed E-state index contributed by atoms with van der Waals surface area (Å²) in [6.07, 6.45) is 16.8. The Morgan fingerprint density at radius 1 is 0.564 bits per heavy atom. The van der Waals surface area contributed by atoms with Crippen LogP contribution in [0.4, 0.5) is 11.4 Å². The first kappa shape index (κ1) is 24.3. The van der Waals surface area contributed by atoms with E-state index in [0.717, 1.165) is 58.1 Å². The molecule has 1 aliphatic rings. The highest BCUT2D eigenvalue weighted by atomic mass is 15.1. The summed E-state index contributed by atoms with van der Waals surface area (Å²) in [4.78, 5) is 16.2. The second-order valence-corrected chi connectivity index (χ2v) is 9.31. The van der Waals surface area contributed by atoms with Crippen LogP contribution in [0.1, 0.15) is 24.0 Å². The summed E-state index contributed by atoms with van der Waals surface area (Å²) in [5, 5.41) is 0. The fraction of sp³-hybridized carbons (Fsp3) is 0.0571. The van der Waals surface area contributed by atoms with Gasteiger partial charge in [-0.3, -0.25) is 9.97 Å². The lowest BCUT2D eigenvalue weighted by molar-refractivity contribution is 0.997. The van der Waals surface area contributed by atoms with Crippen molar-refractivity contribution in [1.82, 2.24) is 15.0 Å². The largest absolute Gasteiger partial charge is 0.311 e. The zero-order valence-corrected chi connectivity index (χ0v) is 21.6. The van der Waals surface area contributed by atoms with Gasteiger partial charge in [-0.05, 0) is 90.7 Å². The Hall–Kier alpha value is -5.09. The first-order valence-electron chi connectivity index (χ1n) is 13.2. The summed E-state index contributed by atoms with van der Waals surface area (Å²) in [5.41, 5.74) is 8.96. The molecule has 0 amide bonds. The Balaban J connectivity index is 1.31. The minimum absolute atomic E-state index is 0.820. The minimum Gasteiger partial charge on any atom is -0.311 e. The van der Waals surface area contributed by atoms with E-state index in [0.29, 0.717) is 0 Å². The van der Waals surface area contributed by atoms with Gasteiger partial charge in [-0.25, -0.2) is 4.98 Å². The van der Waals surface area contributed by atoms with Crippen molar-refractivity contribution in [2.45, 2.75) is 12.8 Å². The number of hydrogen-bond donors (Lipinski definition) is 0. The summed E-state index contributed by atoms with van der Waals surface area (Å²) >= 11 is 0. The van der Waals surface area contributed by atoms with E-state index < -0.39 is 0 Å². The maximum absolute atomic E-state index is 4.86. The van der Waals surface area contributed by atoms with E-state index in [-0.39, 0.29) is 0 Å². The number of para-hydroxylation sites is 1. The molecule has 1 aliphatic carbocycles. The first-order valence-corrected chi connectivity index (χ1v) is 13.2. The fourth-order valence-electron chi connectivity index (χ4n) is 4.66. The van der Waals surface area contributed by atoms with Crippen molar-refractivity contribution in [2.75, 3.05) is 4.90 Å². The molecule has 39 heavy (non-hydrogen) atoms. The average molecular weight is 505 g/mol. The molecule has 3 aromatic heterocycles. The molecule has 0 atom stereocenters. The van der Waals surface area contributed by atoms with Crippen LogP contribution >= 0.6 is 0 Å². The van der Waals surface area contributed by atoms with Gasteiger partial charge in [0.1, 0.15) is 0 Å². The number of nitrogens with zero attached hydrogens (tertiary/aromatic N) is 4. The Bertz CT molecular complexity index is 1560. The Morgan fingerprint density at radius 3 is 1.77 bits per heavy atom. The molecular weight excluding hydrogens is 476 g/mol. The number of benzene rings is 2. The van der Waals surface area contributed by atoms with Crippen LogP contribution in [0.25, 0.3) is 34.9 Å². The second kappa shape index (κ2) is 11.5. The maximum Gasteiger partial charge on any atom is 0.0900 e. The van der Waals surface area contributed by atoms with Crippen LogP contribution < -0.4 is 4.90 Å². The fourth-order valence-corrected chi connectivity index (χ4v) is 4.66. The highest BCUT2D eigenvalue weighted by molar-refractivity contribution is 5.77. The standard InChI is InChI=1S/C35H28N4/c1-3-11-29(12-4-1)39(30-13-5-2-6-14-30)31-21-19-27(20-22-31)17-18-28-25-34(32-15-7-9-23-36-32)38-35(26-28)33-16-8-10-24-37-33/h1,3-5,7-26H,2,6H2/b18-17+. The lowest BCUT2D eigenvalue weighted by Crippen LogP contribution is -2.16.